The van der Waals surface area contributed by atoms with Gasteiger partial charge in [-0.05, 0) is 37.6 Å². The molecule has 1 aromatic carbocycles. The number of alkyl halides is 1. The quantitative estimate of drug-likeness (QED) is 0.596. The van der Waals surface area contributed by atoms with Gasteiger partial charge in [-0.15, -0.1) is 5.10 Å². The van der Waals surface area contributed by atoms with Gasteiger partial charge in [0.05, 0.1) is 11.8 Å². The molecule has 116 valence electrons. The maximum atomic E-state index is 6.17. The van der Waals surface area contributed by atoms with Gasteiger partial charge in [0.2, 0.25) is 5.72 Å². The molecule has 6 heteroatoms. The van der Waals surface area contributed by atoms with Crippen LogP contribution in [0.1, 0.15) is 25.5 Å². The van der Waals surface area contributed by atoms with E-state index in [0.29, 0.717) is 6.61 Å². The van der Waals surface area contributed by atoms with Crippen molar-refractivity contribution in [1.29, 1.82) is 0 Å². The van der Waals surface area contributed by atoms with Gasteiger partial charge in [-0.25, -0.2) is 4.68 Å². The first-order chi connectivity index (χ1) is 10.8. The van der Waals surface area contributed by atoms with Gasteiger partial charge in [-0.3, -0.25) is 0 Å². The van der Waals surface area contributed by atoms with Crippen molar-refractivity contribution in [3.8, 4) is 0 Å². The fourth-order valence-electron chi connectivity index (χ4n) is 2.72. The molecule has 0 aliphatic carbocycles. The fourth-order valence-corrected chi connectivity index (χ4v) is 3.00. The second-order valence-electron chi connectivity index (χ2n) is 4.98. The van der Waals surface area contributed by atoms with Crippen LogP contribution in [0.3, 0.4) is 0 Å². The maximum Gasteiger partial charge on any atom is 0.221 e. The molecule has 0 saturated carbocycles. The second kappa shape index (κ2) is 6.62. The van der Waals surface area contributed by atoms with E-state index in [2.05, 4.69) is 26.2 Å². The average molecular weight is 364 g/mol. The Morgan fingerprint density at radius 3 is 2.86 bits per heavy atom. The molecule has 0 spiro atoms. The van der Waals surface area contributed by atoms with Crippen LogP contribution in [0.5, 0.6) is 0 Å². The highest BCUT2D eigenvalue weighted by molar-refractivity contribution is 9.09. The first-order valence-electron chi connectivity index (χ1n) is 7.36. The van der Waals surface area contributed by atoms with E-state index in [1.807, 2.05) is 48.0 Å². The second-order valence-corrected chi connectivity index (χ2v) is 5.77. The third-order valence-corrected chi connectivity index (χ3v) is 4.19. The summed E-state index contributed by atoms with van der Waals surface area (Å²) in [6.45, 7) is 2.53. The molecule has 0 bridgehead atoms. The first-order valence-corrected chi connectivity index (χ1v) is 8.49. The third-order valence-electron chi connectivity index (χ3n) is 3.63. The van der Waals surface area contributed by atoms with Crippen molar-refractivity contribution >= 4 is 27.0 Å². The summed E-state index contributed by atoms with van der Waals surface area (Å²) in [7, 11) is 0. The number of para-hydroxylation sites is 1. The summed E-state index contributed by atoms with van der Waals surface area (Å²) in [6.07, 6.45) is 3.33. The molecule has 0 N–H and O–H groups in total. The van der Waals surface area contributed by atoms with E-state index in [4.69, 9.17) is 9.15 Å². The summed E-state index contributed by atoms with van der Waals surface area (Å²) in [6, 6.07) is 11.7. The Morgan fingerprint density at radius 1 is 1.27 bits per heavy atom. The number of rotatable bonds is 7. The van der Waals surface area contributed by atoms with Crippen molar-refractivity contribution in [2.24, 2.45) is 0 Å². The average Bonchev–Trinajstić information content (AvgIpc) is 3.21. The lowest BCUT2D eigenvalue weighted by atomic mass is 10.0. The molecular weight excluding hydrogens is 346 g/mol. The Bertz CT molecular complexity index is 726. The van der Waals surface area contributed by atoms with Crippen LogP contribution >= 0.6 is 15.9 Å². The van der Waals surface area contributed by atoms with Crippen molar-refractivity contribution < 1.29 is 9.15 Å². The van der Waals surface area contributed by atoms with Gasteiger partial charge >= 0.3 is 0 Å². The van der Waals surface area contributed by atoms with E-state index in [1.165, 1.54) is 0 Å². The summed E-state index contributed by atoms with van der Waals surface area (Å²) >= 11 is 3.50. The minimum Gasteiger partial charge on any atom is -0.464 e. The van der Waals surface area contributed by atoms with Gasteiger partial charge in [0, 0.05) is 18.4 Å². The standard InChI is InChI=1S/C16H18BrN3O2/c1-2-22-16(10-6-11-17,15-9-5-12-21-15)20-14-8-4-3-7-13(14)18-19-20/h3-5,7-9,12H,2,6,10-11H2,1H3. The fraction of sp³-hybridized carbons (Fsp3) is 0.375. The highest BCUT2D eigenvalue weighted by atomic mass is 79.9. The predicted molar refractivity (Wildman–Crippen MR) is 88.0 cm³/mol. The minimum atomic E-state index is -0.776. The number of benzene rings is 1. The Kier molecular flexibility index (Phi) is 4.59. The van der Waals surface area contributed by atoms with Gasteiger partial charge < -0.3 is 9.15 Å². The van der Waals surface area contributed by atoms with Crippen LogP contribution in [0.15, 0.2) is 47.1 Å². The van der Waals surface area contributed by atoms with Crippen molar-refractivity contribution in [3.05, 3.63) is 48.4 Å². The van der Waals surface area contributed by atoms with Crippen LogP contribution in [0.25, 0.3) is 11.0 Å². The molecule has 0 saturated heterocycles. The highest BCUT2D eigenvalue weighted by Crippen LogP contribution is 2.35. The van der Waals surface area contributed by atoms with Crippen molar-refractivity contribution in [3.63, 3.8) is 0 Å². The Balaban J connectivity index is 2.19. The molecule has 1 unspecified atom stereocenters. The van der Waals surface area contributed by atoms with Crippen molar-refractivity contribution in [2.45, 2.75) is 25.5 Å². The van der Waals surface area contributed by atoms with Gasteiger partial charge in [0.1, 0.15) is 5.52 Å². The molecule has 0 amide bonds. The zero-order valence-electron chi connectivity index (χ0n) is 12.4. The van der Waals surface area contributed by atoms with E-state index in [0.717, 1.165) is 35.0 Å². The third kappa shape index (κ3) is 2.57. The lowest BCUT2D eigenvalue weighted by molar-refractivity contribution is -0.0953. The van der Waals surface area contributed by atoms with Gasteiger partial charge in [-0.1, -0.05) is 33.3 Å². The number of hydrogen-bond acceptors (Lipinski definition) is 4. The van der Waals surface area contributed by atoms with Crippen LogP contribution < -0.4 is 0 Å². The van der Waals surface area contributed by atoms with E-state index < -0.39 is 5.72 Å². The summed E-state index contributed by atoms with van der Waals surface area (Å²) in [5.41, 5.74) is 1.00. The summed E-state index contributed by atoms with van der Waals surface area (Å²) in [4.78, 5) is 0. The zero-order chi connectivity index (χ0) is 15.4. The number of hydrogen-bond donors (Lipinski definition) is 0. The molecule has 22 heavy (non-hydrogen) atoms. The number of nitrogens with zero attached hydrogens (tertiary/aromatic N) is 3. The molecule has 5 nitrogen and oxygen atoms in total. The molecule has 1 atom stereocenters. The Labute approximate surface area is 137 Å². The van der Waals surface area contributed by atoms with Gasteiger partial charge in [-0.2, -0.15) is 0 Å². The number of furan rings is 1. The minimum absolute atomic E-state index is 0.553. The number of fused-ring (bicyclic) bond motifs is 1. The normalized spacial score (nSPS) is 14.3. The molecule has 0 aliphatic rings. The molecule has 3 aromatic rings. The van der Waals surface area contributed by atoms with Crippen LogP contribution in [0.4, 0.5) is 0 Å². The molecule has 3 rings (SSSR count). The monoisotopic (exact) mass is 363 g/mol. The molecule has 0 aliphatic heterocycles. The lowest BCUT2D eigenvalue weighted by Gasteiger charge is -2.32. The van der Waals surface area contributed by atoms with Crippen LogP contribution in [-0.4, -0.2) is 26.9 Å². The lowest BCUT2D eigenvalue weighted by Crippen LogP contribution is -2.39. The summed E-state index contributed by atoms with van der Waals surface area (Å²) in [5.74, 6) is 0.742. The van der Waals surface area contributed by atoms with Gasteiger partial charge in [0.25, 0.3) is 0 Å². The molecule has 2 heterocycles. The first kappa shape index (κ1) is 15.2. The van der Waals surface area contributed by atoms with Crippen LogP contribution in [-0.2, 0) is 10.5 Å². The predicted octanol–water partition coefficient (Wildman–Crippen LogP) is 3.94. The van der Waals surface area contributed by atoms with Gasteiger partial charge in [0.15, 0.2) is 5.76 Å². The zero-order valence-corrected chi connectivity index (χ0v) is 14.0. The van der Waals surface area contributed by atoms with E-state index in [1.54, 1.807) is 6.26 Å². The largest absolute Gasteiger partial charge is 0.464 e. The smallest absolute Gasteiger partial charge is 0.221 e. The number of halogens is 1. The molecular formula is C16H18BrN3O2. The number of ether oxygens (including phenoxy) is 1. The summed E-state index contributed by atoms with van der Waals surface area (Å²) < 4.78 is 13.7. The van der Waals surface area contributed by atoms with E-state index in [9.17, 15) is 0 Å². The number of aromatic nitrogens is 3. The van der Waals surface area contributed by atoms with E-state index in [-0.39, 0.29) is 0 Å². The SMILES string of the molecule is CCOC(CCCBr)(c1ccco1)n1nnc2ccccc21. The van der Waals surface area contributed by atoms with E-state index >= 15 is 0 Å². The Morgan fingerprint density at radius 2 is 2.14 bits per heavy atom. The Hall–Kier alpha value is -1.66. The van der Waals surface area contributed by atoms with Crippen LogP contribution in [0, 0.1) is 0 Å². The van der Waals surface area contributed by atoms with Crippen molar-refractivity contribution in [2.75, 3.05) is 11.9 Å². The maximum absolute atomic E-state index is 6.17. The van der Waals surface area contributed by atoms with Crippen molar-refractivity contribution in [1.82, 2.24) is 15.0 Å². The molecule has 0 radical (unpaired) electrons. The van der Waals surface area contributed by atoms with Crippen LogP contribution in [0.2, 0.25) is 0 Å². The molecule has 2 aromatic heterocycles. The molecule has 0 fully saturated rings. The summed E-state index contributed by atoms with van der Waals surface area (Å²) in [5, 5.41) is 9.51. The topological polar surface area (TPSA) is 53.1 Å². The highest BCUT2D eigenvalue weighted by Gasteiger charge is 2.40.